The number of ether oxygens (including phenoxy) is 2. The molecule has 0 spiro atoms. The van der Waals surface area contributed by atoms with Gasteiger partial charge in [-0.1, -0.05) is 40.5 Å². The van der Waals surface area contributed by atoms with Crippen LogP contribution < -0.4 is 10.1 Å². The van der Waals surface area contributed by atoms with Crippen LogP contribution in [0.5, 0.6) is 5.75 Å². The van der Waals surface area contributed by atoms with Crippen LogP contribution in [0.4, 0.5) is 5.69 Å². The lowest BCUT2D eigenvalue weighted by atomic mass is 9.90. The Morgan fingerprint density at radius 2 is 2.12 bits per heavy atom. The molecule has 1 N–H and O–H groups in total. The van der Waals surface area contributed by atoms with E-state index in [0.717, 1.165) is 27.0 Å². The van der Waals surface area contributed by atoms with Crippen molar-refractivity contribution in [1.29, 1.82) is 0 Å². The van der Waals surface area contributed by atoms with Crippen LogP contribution in [0.2, 0.25) is 5.02 Å². The molecule has 0 radical (unpaired) electrons. The van der Waals surface area contributed by atoms with Gasteiger partial charge in [-0.2, -0.15) is 0 Å². The molecule has 4 rings (SSSR count). The second kappa shape index (κ2) is 6.72. The first kappa shape index (κ1) is 17.6. The second-order valence-corrected chi connectivity index (χ2v) is 8.33. The number of nitrogens with one attached hydrogen (secondary N) is 1. The molecule has 6 heteroatoms. The van der Waals surface area contributed by atoms with E-state index < -0.39 is 0 Å². The molecule has 1 saturated heterocycles. The second-order valence-electron chi connectivity index (χ2n) is 6.98. The zero-order valence-corrected chi connectivity index (χ0v) is 16.5. The molecular weight excluding hydrogens is 418 g/mol. The molecule has 134 valence electrons. The highest BCUT2D eigenvalue weighted by Crippen LogP contribution is 2.37. The van der Waals surface area contributed by atoms with Gasteiger partial charge >= 0.3 is 0 Å². The van der Waals surface area contributed by atoms with Gasteiger partial charge < -0.3 is 14.8 Å². The van der Waals surface area contributed by atoms with Crippen LogP contribution in [0.25, 0.3) is 11.6 Å². The fourth-order valence-electron chi connectivity index (χ4n) is 3.01. The van der Waals surface area contributed by atoms with Gasteiger partial charge in [0.15, 0.2) is 0 Å². The van der Waals surface area contributed by atoms with Crippen molar-refractivity contribution in [2.45, 2.75) is 6.92 Å². The fraction of sp³-hybridized carbons (Fsp3) is 0.250. The Balaban J connectivity index is 1.68. The summed E-state index contributed by atoms with van der Waals surface area (Å²) in [7, 11) is 0. The van der Waals surface area contributed by atoms with Gasteiger partial charge in [-0.15, -0.1) is 0 Å². The van der Waals surface area contributed by atoms with Crippen LogP contribution in [-0.2, 0) is 9.53 Å². The normalized spacial score (nSPS) is 19.0. The van der Waals surface area contributed by atoms with Crippen molar-refractivity contribution >= 4 is 50.8 Å². The molecule has 0 aliphatic carbocycles. The summed E-state index contributed by atoms with van der Waals surface area (Å²) in [6.45, 7) is 4.12. The van der Waals surface area contributed by atoms with Gasteiger partial charge in [0.2, 0.25) is 0 Å². The highest BCUT2D eigenvalue weighted by Gasteiger charge is 2.34. The van der Waals surface area contributed by atoms with Crippen LogP contribution >= 0.6 is 27.5 Å². The topological polar surface area (TPSA) is 47.6 Å². The SMILES string of the molecule is CC1(COc2ccc(Br)cc2/C=C2/C(=O)Nc3cc(Cl)ccc32)COC1. The number of hydrogen-bond acceptors (Lipinski definition) is 3. The summed E-state index contributed by atoms with van der Waals surface area (Å²) in [5, 5.41) is 3.45. The largest absolute Gasteiger partial charge is 0.492 e. The van der Waals surface area contributed by atoms with Crippen LogP contribution in [0.15, 0.2) is 40.9 Å². The van der Waals surface area contributed by atoms with Gasteiger partial charge in [0.1, 0.15) is 5.75 Å². The standard InChI is InChI=1S/C20H17BrClNO3/c1-20(9-25-10-20)11-26-18-5-2-13(21)6-12(18)7-16-15-4-3-14(22)8-17(15)23-19(16)24/h2-8H,9-11H2,1H3,(H,23,24)/b16-7+. The smallest absolute Gasteiger partial charge is 0.256 e. The molecule has 2 aromatic carbocycles. The van der Waals surface area contributed by atoms with Gasteiger partial charge in [-0.05, 0) is 36.4 Å². The first-order valence-corrected chi connectivity index (χ1v) is 9.44. The van der Waals surface area contributed by atoms with Crippen molar-refractivity contribution < 1.29 is 14.3 Å². The highest BCUT2D eigenvalue weighted by atomic mass is 79.9. The van der Waals surface area contributed by atoms with E-state index in [0.29, 0.717) is 30.4 Å². The van der Waals surface area contributed by atoms with Gasteiger partial charge in [0.05, 0.1) is 25.5 Å². The summed E-state index contributed by atoms with van der Waals surface area (Å²) in [5.41, 5.74) is 3.05. The Labute approximate surface area is 165 Å². The lowest BCUT2D eigenvalue weighted by Gasteiger charge is -2.37. The molecular formula is C20H17BrClNO3. The molecule has 0 bridgehead atoms. The maximum Gasteiger partial charge on any atom is 0.256 e. The molecule has 2 aromatic rings. The third kappa shape index (κ3) is 3.39. The highest BCUT2D eigenvalue weighted by molar-refractivity contribution is 9.10. The zero-order valence-electron chi connectivity index (χ0n) is 14.1. The van der Waals surface area contributed by atoms with Gasteiger partial charge in [0, 0.05) is 31.6 Å². The minimum absolute atomic E-state index is 0.0472. The molecule has 26 heavy (non-hydrogen) atoms. The van der Waals surface area contributed by atoms with E-state index in [-0.39, 0.29) is 11.3 Å². The van der Waals surface area contributed by atoms with Crippen molar-refractivity contribution in [2.75, 3.05) is 25.1 Å². The van der Waals surface area contributed by atoms with Gasteiger partial charge in [0.25, 0.3) is 5.91 Å². The number of carbonyl (C=O) groups excluding carboxylic acids is 1. The molecule has 2 aliphatic rings. The monoisotopic (exact) mass is 433 g/mol. The minimum Gasteiger partial charge on any atom is -0.492 e. The fourth-order valence-corrected chi connectivity index (χ4v) is 3.57. The first-order valence-electron chi connectivity index (χ1n) is 8.27. The van der Waals surface area contributed by atoms with Crippen molar-refractivity contribution in [3.05, 3.63) is 57.0 Å². The third-order valence-corrected chi connectivity index (χ3v) is 5.24. The molecule has 0 saturated carbocycles. The van der Waals surface area contributed by atoms with Crippen LogP contribution in [0.1, 0.15) is 18.1 Å². The molecule has 2 aliphatic heterocycles. The maximum absolute atomic E-state index is 12.4. The van der Waals surface area contributed by atoms with Crippen LogP contribution in [-0.4, -0.2) is 25.7 Å². The Morgan fingerprint density at radius 3 is 2.85 bits per heavy atom. The molecule has 4 nitrogen and oxygen atoms in total. The van der Waals surface area contributed by atoms with E-state index in [2.05, 4.69) is 28.2 Å². The van der Waals surface area contributed by atoms with E-state index in [9.17, 15) is 4.79 Å². The third-order valence-electron chi connectivity index (χ3n) is 4.51. The Morgan fingerprint density at radius 1 is 1.31 bits per heavy atom. The number of rotatable bonds is 4. The van der Waals surface area contributed by atoms with Crippen molar-refractivity contribution in [2.24, 2.45) is 5.41 Å². The molecule has 1 fully saturated rings. The molecule has 1 amide bonds. The van der Waals surface area contributed by atoms with Crippen LogP contribution in [0.3, 0.4) is 0 Å². The average molecular weight is 435 g/mol. The van der Waals surface area contributed by atoms with E-state index in [1.54, 1.807) is 12.1 Å². The Kier molecular flexibility index (Phi) is 4.55. The molecule has 0 atom stereocenters. The quantitative estimate of drug-likeness (QED) is 0.688. The maximum atomic E-state index is 12.4. The Bertz CT molecular complexity index is 921. The predicted octanol–water partition coefficient (Wildman–Crippen LogP) is 5.01. The number of carbonyl (C=O) groups is 1. The van der Waals surface area contributed by atoms with Crippen molar-refractivity contribution in [3.63, 3.8) is 0 Å². The Hall–Kier alpha value is -1.82. The summed E-state index contributed by atoms with van der Waals surface area (Å²) in [5.74, 6) is 0.594. The summed E-state index contributed by atoms with van der Waals surface area (Å²) in [6, 6.07) is 11.2. The molecule has 0 aromatic heterocycles. The number of anilines is 1. The van der Waals surface area contributed by atoms with E-state index in [1.165, 1.54) is 0 Å². The molecule has 0 unspecified atom stereocenters. The first-order chi connectivity index (χ1) is 12.4. The van der Waals surface area contributed by atoms with Crippen molar-refractivity contribution in [1.82, 2.24) is 0 Å². The number of fused-ring (bicyclic) bond motifs is 1. The van der Waals surface area contributed by atoms with Crippen LogP contribution in [0, 0.1) is 5.41 Å². The van der Waals surface area contributed by atoms with E-state index in [4.69, 9.17) is 21.1 Å². The summed E-state index contributed by atoms with van der Waals surface area (Å²) in [6.07, 6.45) is 1.86. The van der Waals surface area contributed by atoms with Crippen molar-refractivity contribution in [3.8, 4) is 5.75 Å². The summed E-state index contributed by atoms with van der Waals surface area (Å²) in [4.78, 5) is 12.4. The average Bonchev–Trinajstić information content (AvgIpc) is 2.87. The summed E-state index contributed by atoms with van der Waals surface area (Å²) >= 11 is 9.52. The zero-order chi connectivity index (χ0) is 18.3. The van der Waals surface area contributed by atoms with E-state index >= 15 is 0 Å². The number of halogens is 2. The number of amides is 1. The lowest BCUT2D eigenvalue weighted by molar-refractivity contribution is -0.120. The number of hydrogen-bond donors (Lipinski definition) is 1. The number of benzene rings is 2. The lowest BCUT2D eigenvalue weighted by Crippen LogP contribution is -2.44. The molecule has 2 heterocycles. The predicted molar refractivity (Wildman–Crippen MR) is 107 cm³/mol. The van der Waals surface area contributed by atoms with Gasteiger partial charge in [-0.3, -0.25) is 4.79 Å². The summed E-state index contributed by atoms with van der Waals surface area (Å²) < 4.78 is 12.3. The van der Waals surface area contributed by atoms with E-state index in [1.807, 2.05) is 30.3 Å². The minimum atomic E-state index is -0.146. The van der Waals surface area contributed by atoms with Gasteiger partial charge in [-0.25, -0.2) is 0 Å².